The molecule has 0 heterocycles. The van der Waals surface area contributed by atoms with Crippen LogP contribution in [0.1, 0.15) is 38.2 Å². The molecule has 1 aromatic carbocycles. The second kappa shape index (κ2) is 11.6. The summed E-state index contributed by atoms with van der Waals surface area (Å²) in [6.45, 7) is 2.54. The number of carbonyl (C=O) groups is 2. The van der Waals surface area contributed by atoms with Crippen molar-refractivity contribution in [3.05, 3.63) is 35.9 Å². The van der Waals surface area contributed by atoms with Gasteiger partial charge in [0.1, 0.15) is 12.1 Å². The van der Waals surface area contributed by atoms with E-state index in [0.29, 0.717) is 32.2 Å². The lowest BCUT2D eigenvalue weighted by Crippen LogP contribution is -2.48. The van der Waals surface area contributed by atoms with Crippen molar-refractivity contribution >= 4 is 11.9 Å². The second-order valence-corrected chi connectivity index (χ2v) is 5.67. The molecule has 0 aliphatic heterocycles. The molecular formula is C18H28N2O4. The van der Waals surface area contributed by atoms with Crippen LogP contribution in [0, 0.1) is 0 Å². The van der Waals surface area contributed by atoms with Crippen LogP contribution in [-0.4, -0.2) is 42.3 Å². The number of nitrogens with one attached hydrogen (secondary N) is 1. The minimum absolute atomic E-state index is 0.271. The Morgan fingerprint density at radius 3 is 2.46 bits per heavy atom. The van der Waals surface area contributed by atoms with E-state index in [2.05, 4.69) is 5.32 Å². The summed E-state index contributed by atoms with van der Waals surface area (Å²) in [4.78, 5) is 23.6. The molecule has 0 saturated heterocycles. The number of aryl methyl sites for hydroxylation is 1. The third-order valence-corrected chi connectivity index (χ3v) is 3.78. The predicted octanol–water partition coefficient (Wildman–Crippen LogP) is 1.72. The van der Waals surface area contributed by atoms with Gasteiger partial charge in [0.2, 0.25) is 0 Å². The molecule has 0 unspecified atom stereocenters. The third kappa shape index (κ3) is 7.57. The van der Waals surface area contributed by atoms with Gasteiger partial charge in [-0.15, -0.1) is 0 Å². The van der Waals surface area contributed by atoms with Crippen LogP contribution in [0.2, 0.25) is 0 Å². The molecule has 0 aliphatic carbocycles. The number of hydrogen-bond donors (Lipinski definition) is 3. The monoisotopic (exact) mass is 336 g/mol. The molecular weight excluding hydrogens is 308 g/mol. The van der Waals surface area contributed by atoms with Crippen LogP contribution in [0.25, 0.3) is 0 Å². The van der Waals surface area contributed by atoms with Crippen molar-refractivity contribution in [1.82, 2.24) is 5.32 Å². The molecule has 0 bridgehead atoms. The Balaban J connectivity index is 2.68. The largest absolute Gasteiger partial charge is 0.480 e. The van der Waals surface area contributed by atoms with Crippen molar-refractivity contribution < 1.29 is 19.4 Å². The van der Waals surface area contributed by atoms with Gasteiger partial charge in [-0.3, -0.25) is 14.9 Å². The predicted molar refractivity (Wildman–Crippen MR) is 92.6 cm³/mol. The SMILES string of the molecule is CCOC(=O)[C@H](CCc1ccccc1)N[C@@H](CCCCN)C(=O)O. The van der Waals surface area contributed by atoms with Gasteiger partial charge in [0.15, 0.2) is 0 Å². The van der Waals surface area contributed by atoms with Gasteiger partial charge >= 0.3 is 11.9 Å². The summed E-state index contributed by atoms with van der Waals surface area (Å²) in [5.41, 5.74) is 6.55. The number of carboxylic acid groups (broad SMARTS) is 1. The minimum atomic E-state index is -0.957. The number of benzene rings is 1. The van der Waals surface area contributed by atoms with E-state index >= 15 is 0 Å². The molecule has 1 aromatic rings. The number of unbranched alkanes of at least 4 members (excludes halogenated alkanes) is 1. The second-order valence-electron chi connectivity index (χ2n) is 5.67. The molecule has 0 amide bonds. The van der Waals surface area contributed by atoms with Gasteiger partial charge in [-0.05, 0) is 44.7 Å². The van der Waals surface area contributed by atoms with Gasteiger partial charge in [0.25, 0.3) is 0 Å². The highest BCUT2D eigenvalue weighted by atomic mass is 16.5. The number of rotatable bonds is 12. The molecule has 24 heavy (non-hydrogen) atoms. The zero-order chi connectivity index (χ0) is 17.8. The van der Waals surface area contributed by atoms with Crippen LogP contribution in [0.3, 0.4) is 0 Å². The van der Waals surface area contributed by atoms with Crippen LogP contribution in [0.4, 0.5) is 0 Å². The molecule has 0 radical (unpaired) electrons. The maximum Gasteiger partial charge on any atom is 0.323 e. The van der Waals surface area contributed by atoms with E-state index in [1.54, 1.807) is 6.92 Å². The Bertz CT molecular complexity index is 493. The standard InChI is InChI=1S/C18H28N2O4/c1-2-24-18(23)16(12-11-14-8-4-3-5-9-14)20-15(17(21)22)10-6-7-13-19/h3-5,8-9,15-16,20H,2,6-7,10-13,19H2,1H3,(H,21,22)/t15-,16-/m0/s1. The van der Waals surface area contributed by atoms with Gasteiger partial charge in [0, 0.05) is 0 Å². The number of hydrogen-bond acceptors (Lipinski definition) is 5. The average Bonchev–Trinajstić information content (AvgIpc) is 2.58. The molecule has 2 atom stereocenters. The number of ether oxygens (including phenoxy) is 1. The van der Waals surface area contributed by atoms with Gasteiger partial charge < -0.3 is 15.6 Å². The molecule has 0 aromatic heterocycles. The van der Waals surface area contributed by atoms with Crippen molar-refractivity contribution in [2.45, 2.75) is 51.1 Å². The fraction of sp³-hybridized carbons (Fsp3) is 0.556. The molecule has 0 saturated carbocycles. The topological polar surface area (TPSA) is 102 Å². The van der Waals surface area contributed by atoms with Crippen LogP contribution in [-0.2, 0) is 20.7 Å². The summed E-state index contributed by atoms with van der Waals surface area (Å²) in [6.07, 6.45) is 3.07. The van der Waals surface area contributed by atoms with E-state index in [1.165, 1.54) is 0 Å². The highest BCUT2D eigenvalue weighted by Gasteiger charge is 2.26. The van der Waals surface area contributed by atoms with Crippen molar-refractivity contribution in [2.75, 3.05) is 13.2 Å². The van der Waals surface area contributed by atoms with Gasteiger partial charge in [-0.2, -0.15) is 0 Å². The number of esters is 1. The summed E-state index contributed by atoms with van der Waals surface area (Å²) >= 11 is 0. The third-order valence-electron chi connectivity index (χ3n) is 3.78. The van der Waals surface area contributed by atoms with Crippen molar-refractivity contribution in [2.24, 2.45) is 5.73 Å². The lowest BCUT2D eigenvalue weighted by molar-refractivity contribution is -0.147. The Morgan fingerprint density at radius 2 is 1.88 bits per heavy atom. The maximum absolute atomic E-state index is 12.2. The lowest BCUT2D eigenvalue weighted by atomic mass is 10.0. The molecule has 6 heteroatoms. The molecule has 6 nitrogen and oxygen atoms in total. The Morgan fingerprint density at radius 1 is 1.17 bits per heavy atom. The van der Waals surface area contributed by atoms with E-state index in [4.69, 9.17) is 10.5 Å². The molecule has 0 aliphatic rings. The Labute approximate surface area is 143 Å². The average molecular weight is 336 g/mol. The number of carbonyl (C=O) groups excluding carboxylic acids is 1. The van der Waals surface area contributed by atoms with Crippen molar-refractivity contribution in [1.29, 1.82) is 0 Å². The lowest BCUT2D eigenvalue weighted by Gasteiger charge is -2.22. The van der Waals surface area contributed by atoms with E-state index in [1.807, 2.05) is 30.3 Å². The zero-order valence-electron chi connectivity index (χ0n) is 14.2. The summed E-state index contributed by atoms with van der Waals surface area (Å²) in [6, 6.07) is 8.37. The fourth-order valence-electron chi connectivity index (χ4n) is 2.48. The maximum atomic E-state index is 12.2. The molecule has 1 rings (SSSR count). The van der Waals surface area contributed by atoms with E-state index in [9.17, 15) is 14.7 Å². The van der Waals surface area contributed by atoms with Crippen molar-refractivity contribution in [3.8, 4) is 0 Å². The summed E-state index contributed by atoms with van der Waals surface area (Å²) in [5.74, 6) is -1.36. The van der Waals surface area contributed by atoms with Crippen LogP contribution >= 0.6 is 0 Å². The smallest absolute Gasteiger partial charge is 0.323 e. The highest BCUT2D eigenvalue weighted by molar-refractivity contribution is 5.78. The highest BCUT2D eigenvalue weighted by Crippen LogP contribution is 2.09. The Kier molecular flexibility index (Phi) is 9.72. The summed E-state index contributed by atoms with van der Waals surface area (Å²) in [5, 5.41) is 12.3. The first-order chi connectivity index (χ1) is 11.6. The first-order valence-corrected chi connectivity index (χ1v) is 8.48. The summed E-state index contributed by atoms with van der Waals surface area (Å²) in [7, 11) is 0. The molecule has 134 valence electrons. The van der Waals surface area contributed by atoms with Crippen LogP contribution in [0.15, 0.2) is 30.3 Å². The van der Waals surface area contributed by atoms with E-state index < -0.39 is 24.0 Å². The van der Waals surface area contributed by atoms with Gasteiger partial charge in [0.05, 0.1) is 6.61 Å². The van der Waals surface area contributed by atoms with Crippen molar-refractivity contribution in [3.63, 3.8) is 0 Å². The summed E-state index contributed by atoms with van der Waals surface area (Å²) < 4.78 is 5.08. The minimum Gasteiger partial charge on any atom is -0.480 e. The number of nitrogens with two attached hydrogens (primary N) is 1. The van der Waals surface area contributed by atoms with Crippen LogP contribution in [0.5, 0.6) is 0 Å². The normalized spacial score (nSPS) is 13.2. The van der Waals surface area contributed by atoms with Gasteiger partial charge in [-0.1, -0.05) is 36.8 Å². The molecule has 4 N–H and O–H groups in total. The molecule has 0 spiro atoms. The van der Waals surface area contributed by atoms with E-state index in [0.717, 1.165) is 12.0 Å². The van der Waals surface area contributed by atoms with E-state index in [-0.39, 0.29) is 6.61 Å². The number of carboxylic acids is 1. The first-order valence-electron chi connectivity index (χ1n) is 8.48. The number of aliphatic carboxylic acids is 1. The first kappa shape index (κ1) is 20.1. The van der Waals surface area contributed by atoms with Crippen LogP contribution < -0.4 is 11.1 Å². The fourth-order valence-corrected chi connectivity index (χ4v) is 2.48. The zero-order valence-corrected chi connectivity index (χ0v) is 14.2. The molecule has 0 fully saturated rings. The Hall–Kier alpha value is -1.92. The quantitative estimate of drug-likeness (QED) is 0.397. The van der Waals surface area contributed by atoms with Gasteiger partial charge in [-0.25, -0.2) is 0 Å².